The van der Waals surface area contributed by atoms with Gasteiger partial charge in [0.15, 0.2) is 0 Å². The van der Waals surface area contributed by atoms with E-state index in [1.165, 1.54) is 7.11 Å². The minimum absolute atomic E-state index is 0.243. The second-order valence-electron chi connectivity index (χ2n) is 11.5. The van der Waals surface area contributed by atoms with Gasteiger partial charge in [-0.25, -0.2) is 0 Å². The fraction of sp³-hybridized carbons (Fsp3) is 0.537. The fourth-order valence-electron chi connectivity index (χ4n) is 5.14. The standard InChI is InChI=1S/C41H58O12/c1-43-40(42)17-18-44-19-20-45-21-22-46-23-24-47-25-26-48-27-28-49-29-30-50-31-32-51-33-34-52-35-36-53-41(37-11-5-2-6-12-37,38-13-7-3-8-14-38)39-15-9-4-10-16-39/h2-16H,17-36H2,1H3. The first kappa shape index (κ1) is 44.1. The highest BCUT2D eigenvalue weighted by molar-refractivity contribution is 5.69. The zero-order chi connectivity index (χ0) is 37.3. The van der Waals surface area contributed by atoms with E-state index in [2.05, 4.69) is 41.1 Å². The average Bonchev–Trinajstić information content (AvgIpc) is 3.21. The van der Waals surface area contributed by atoms with Gasteiger partial charge in [-0.2, -0.15) is 0 Å². The van der Waals surface area contributed by atoms with E-state index in [4.69, 9.17) is 47.4 Å². The minimum Gasteiger partial charge on any atom is -0.469 e. The molecule has 12 nitrogen and oxygen atoms in total. The van der Waals surface area contributed by atoms with Crippen LogP contribution in [0.25, 0.3) is 0 Å². The Labute approximate surface area is 314 Å². The number of methoxy groups -OCH3 is 1. The lowest BCUT2D eigenvalue weighted by Gasteiger charge is -2.36. The topological polar surface area (TPSA) is 119 Å². The summed E-state index contributed by atoms with van der Waals surface area (Å²) in [7, 11) is 1.35. The van der Waals surface area contributed by atoms with Crippen LogP contribution in [0.1, 0.15) is 23.1 Å². The minimum atomic E-state index is -0.754. The monoisotopic (exact) mass is 742 g/mol. The van der Waals surface area contributed by atoms with E-state index in [0.29, 0.717) is 126 Å². The molecule has 0 heterocycles. The van der Waals surface area contributed by atoms with Gasteiger partial charge in [-0.3, -0.25) is 4.79 Å². The molecule has 0 aliphatic carbocycles. The van der Waals surface area contributed by atoms with Crippen LogP contribution >= 0.6 is 0 Å². The molecule has 294 valence electrons. The number of esters is 1. The highest BCUT2D eigenvalue weighted by Crippen LogP contribution is 2.40. The zero-order valence-corrected chi connectivity index (χ0v) is 31.2. The molecule has 3 aromatic rings. The Morgan fingerprint density at radius 1 is 0.377 bits per heavy atom. The van der Waals surface area contributed by atoms with Crippen LogP contribution < -0.4 is 0 Å². The van der Waals surface area contributed by atoms with Crippen LogP contribution in [0.2, 0.25) is 0 Å². The number of ether oxygens (including phenoxy) is 11. The lowest BCUT2D eigenvalue weighted by atomic mass is 9.80. The molecule has 0 radical (unpaired) electrons. The molecule has 0 aliphatic heterocycles. The maximum Gasteiger partial charge on any atom is 0.307 e. The van der Waals surface area contributed by atoms with Crippen molar-refractivity contribution >= 4 is 5.97 Å². The first-order chi connectivity index (χ1) is 26.3. The summed E-state index contributed by atoms with van der Waals surface area (Å²) in [6, 6.07) is 30.9. The third-order valence-corrected chi connectivity index (χ3v) is 7.74. The van der Waals surface area contributed by atoms with E-state index < -0.39 is 5.60 Å². The zero-order valence-electron chi connectivity index (χ0n) is 31.2. The summed E-state index contributed by atoms with van der Waals surface area (Å²) in [5, 5.41) is 0. The van der Waals surface area contributed by atoms with Gasteiger partial charge in [-0.1, -0.05) is 91.0 Å². The largest absolute Gasteiger partial charge is 0.469 e. The smallest absolute Gasteiger partial charge is 0.307 e. The van der Waals surface area contributed by atoms with Crippen molar-refractivity contribution in [1.29, 1.82) is 0 Å². The Morgan fingerprint density at radius 3 is 0.887 bits per heavy atom. The number of hydrogen-bond donors (Lipinski definition) is 0. The van der Waals surface area contributed by atoms with Crippen molar-refractivity contribution < 1.29 is 56.9 Å². The third kappa shape index (κ3) is 19.1. The van der Waals surface area contributed by atoms with Gasteiger partial charge in [0, 0.05) is 0 Å². The van der Waals surface area contributed by atoms with E-state index in [-0.39, 0.29) is 12.4 Å². The Balaban J connectivity index is 1.08. The second-order valence-corrected chi connectivity index (χ2v) is 11.5. The molecule has 0 N–H and O–H groups in total. The van der Waals surface area contributed by atoms with Gasteiger partial charge < -0.3 is 52.1 Å². The van der Waals surface area contributed by atoms with Gasteiger partial charge >= 0.3 is 5.97 Å². The molecular formula is C41H58O12. The molecule has 3 aromatic carbocycles. The Hall–Kier alpha value is -3.27. The van der Waals surface area contributed by atoms with Crippen LogP contribution in [0.3, 0.4) is 0 Å². The van der Waals surface area contributed by atoms with Crippen LogP contribution in [0.5, 0.6) is 0 Å². The second kappa shape index (κ2) is 30.1. The molecular weight excluding hydrogens is 684 g/mol. The molecule has 12 heteroatoms. The Kier molecular flexibility index (Phi) is 25.1. The van der Waals surface area contributed by atoms with Gasteiger partial charge in [0.25, 0.3) is 0 Å². The molecule has 0 aliphatic rings. The predicted octanol–water partition coefficient (Wildman–Crippen LogP) is 4.71. The molecule has 0 fully saturated rings. The molecule has 0 bridgehead atoms. The van der Waals surface area contributed by atoms with Crippen molar-refractivity contribution in [2.45, 2.75) is 12.0 Å². The highest BCUT2D eigenvalue weighted by atomic mass is 16.6. The summed E-state index contributed by atoms with van der Waals surface area (Å²) in [4.78, 5) is 11.0. The van der Waals surface area contributed by atoms with Gasteiger partial charge in [0.1, 0.15) is 5.60 Å². The molecule has 0 atom stereocenters. The summed E-state index contributed by atoms with van der Waals surface area (Å²) >= 11 is 0. The van der Waals surface area contributed by atoms with Crippen LogP contribution in [-0.4, -0.2) is 139 Å². The van der Waals surface area contributed by atoms with E-state index in [1.807, 2.05) is 54.6 Å². The number of hydrogen-bond acceptors (Lipinski definition) is 12. The molecule has 53 heavy (non-hydrogen) atoms. The fourth-order valence-corrected chi connectivity index (χ4v) is 5.14. The van der Waals surface area contributed by atoms with Crippen LogP contribution in [0.15, 0.2) is 91.0 Å². The van der Waals surface area contributed by atoms with Gasteiger partial charge in [-0.15, -0.1) is 0 Å². The van der Waals surface area contributed by atoms with Crippen LogP contribution in [0.4, 0.5) is 0 Å². The first-order valence-corrected chi connectivity index (χ1v) is 18.3. The van der Waals surface area contributed by atoms with E-state index >= 15 is 0 Å². The molecule has 0 unspecified atom stereocenters. The molecule has 0 aromatic heterocycles. The van der Waals surface area contributed by atoms with Gasteiger partial charge in [0.2, 0.25) is 0 Å². The predicted molar refractivity (Wildman–Crippen MR) is 199 cm³/mol. The molecule has 0 saturated carbocycles. The SMILES string of the molecule is COC(=O)CCOCCOCCOCCOCCOCCOCCOCCOCCOCCOC(c1ccccc1)(c1ccccc1)c1ccccc1. The summed E-state index contributed by atoms with van der Waals surface area (Å²) < 4.78 is 61.0. The molecule has 0 saturated heterocycles. The maximum atomic E-state index is 11.0. The maximum absolute atomic E-state index is 11.0. The number of carbonyl (C=O) groups is 1. The average molecular weight is 743 g/mol. The van der Waals surface area contributed by atoms with Crippen molar-refractivity contribution in [3.8, 4) is 0 Å². The third-order valence-electron chi connectivity index (χ3n) is 7.74. The number of benzene rings is 3. The van der Waals surface area contributed by atoms with Crippen molar-refractivity contribution in [3.05, 3.63) is 108 Å². The summed E-state index contributed by atoms with van der Waals surface area (Å²) in [5.74, 6) is -0.287. The number of carbonyl (C=O) groups excluding carboxylic acids is 1. The normalized spacial score (nSPS) is 11.6. The lowest BCUT2D eigenvalue weighted by Crippen LogP contribution is -2.34. The van der Waals surface area contributed by atoms with Gasteiger partial charge in [-0.05, 0) is 16.7 Å². The first-order valence-electron chi connectivity index (χ1n) is 18.3. The van der Waals surface area contributed by atoms with Crippen molar-refractivity contribution in [3.63, 3.8) is 0 Å². The van der Waals surface area contributed by atoms with Crippen LogP contribution in [0, 0.1) is 0 Å². The van der Waals surface area contributed by atoms with Crippen molar-refractivity contribution in [2.24, 2.45) is 0 Å². The molecule has 3 rings (SSSR count). The van der Waals surface area contributed by atoms with Gasteiger partial charge in [0.05, 0.1) is 139 Å². The highest BCUT2D eigenvalue weighted by Gasteiger charge is 2.37. The summed E-state index contributed by atoms with van der Waals surface area (Å²) in [6.45, 7) is 8.81. The van der Waals surface area contributed by atoms with Crippen molar-refractivity contribution in [2.75, 3.05) is 133 Å². The Morgan fingerprint density at radius 2 is 0.623 bits per heavy atom. The molecule has 0 spiro atoms. The Bertz CT molecular complexity index is 1170. The van der Waals surface area contributed by atoms with Crippen LogP contribution in [-0.2, 0) is 62.5 Å². The van der Waals surface area contributed by atoms with E-state index in [0.717, 1.165) is 16.7 Å². The number of rotatable bonds is 34. The van der Waals surface area contributed by atoms with Crippen molar-refractivity contribution in [1.82, 2.24) is 0 Å². The van der Waals surface area contributed by atoms with E-state index in [1.54, 1.807) is 0 Å². The quantitative estimate of drug-likeness (QED) is 0.0480. The summed E-state index contributed by atoms with van der Waals surface area (Å²) in [6.07, 6.45) is 0.243. The summed E-state index contributed by atoms with van der Waals surface area (Å²) in [5.41, 5.74) is 2.44. The van der Waals surface area contributed by atoms with E-state index in [9.17, 15) is 4.79 Å². The molecule has 0 amide bonds. The lowest BCUT2D eigenvalue weighted by molar-refractivity contribution is -0.141.